The summed E-state index contributed by atoms with van der Waals surface area (Å²) >= 11 is 7.67. The van der Waals surface area contributed by atoms with E-state index in [1.54, 1.807) is 0 Å². The van der Waals surface area contributed by atoms with Crippen molar-refractivity contribution >= 4 is 62.0 Å². The number of hydrogen-bond donors (Lipinski definition) is 1. The minimum absolute atomic E-state index is 0.0514. The van der Waals surface area contributed by atoms with Crippen LogP contribution in [0.2, 0.25) is 5.02 Å². The highest BCUT2D eigenvalue weighted by molar-refractivity contribution is 14.1. The minimum Gasteiger partial charge on any atom is -0.493 e. The lowest BCUT2D eigenvalue weighted by Gasteiger charge is -2.14. The molecule has 0 unspecified atom stereocenters. The number of methoxy groups -OCH3 is 1. The van der Waals surface area contributed by atoms with Gasteiger partial charge < -0.3 is 14.2 Å². The van der Waals surface area contributed by atoms with Gasteiger partial charge in [0.2, 0.25) is 0 Å². The summed E-state index contributed by atoms with van der Waals surface area (Å²) in [4.78, 5) is 12.4. The Morgan fingerprint density at radius 2 is 1.79 bits per heavy atom. The maximum absolute atomic E-state index is 13.1. The van der Waals surface area contributed by atoms with Crippen molar-refractivity contribution in [3.05, 3.63) is 86.2 Å². The molecule has 174 valence electrons. The van der Waals surface area contributed by atoms with Gasteiger partial charge in [0.1, 0.15) is 22.4 Å². The number of halogens is 3. The Morgan fingerprint density at radius 3 is 2.38 bits per heavy atom. The SMILES string of the molecule is COc1cc(/C=C(\C#N)C(=O)Nc2ccc(F)cc2)cc(I)c1OS(=O)(=O)c1ccc(Cl)cc1. The van der Waals surface area contributed by atoms with E-state index in [0.29, 0.717) is 19.8 Å². The van der Waals surface area contributed by atoms with Crippen molar-refractivity contribution in [1.29, 1.82) is 5.26 Å². The molecule has 0 radical (unpaired) electrons. The van der Waals surface area contributed by atoms with Crippen LogP contribution in [0.25, 0.3) is 6.08 Å². The van der Waals surface area contributed by atoms with Gasteiger partial charge >= 0.3 is 10.1 Å². The highest BCUT2D eigenvalue weighted by atomic mass is 127. The molecular formula is C23H15ClFIN2O5S. The third-order valence-corrected chi connectivity index (χ3v) is 6.61. The molecule has 0 saturated heterocycles. The van der Waals surface area contributed by atoms with Crippen LogP contribution in [0.3, 0.4) is 0 Å². The van der Waals surface area contributed by atoms with Crippen molar-refractivity contribution in [2.24, 2.45) is 0 Å². The third-order valence-electron chi connectivity index (χ3n) is 4.33. The number of amides is 1. The van der Waals surface area contributed by atoms with E-state index in [0.717, 1.165) is 0 Å². The summed E-state index contributed by atoms with van der Waals surface area (Å²) in [5, 5.41) is 12.3. The minimum atomic E-state index is -4.18. The molecule has 34 heavy (non-hydrogen) atoms. The van der Waals surface area contributed by atoms with Gasteiger partial charge in [0, 0.05) is 10.7 Å². The second kappa shape index (κ2) is 10.9. The van der Waals surface area contributed by atoms with E-state index in [4.69, 9.17) is 20.5 Å². The molecule has 7 nitrogen and oxygen atoms in total. The Hall–Kier alpha value is -3.14. The van der Waals surface area contributed by atoms with Gasteiger partial charge in [0.05, 0.1) is 10.7 Å². The Bertz CT molecular complexity index is 1400. The van der Waals surface area contributed by atoms with Crippen LogP contribution in [0.15, 0.2) is 71.1 Å². The van der Waals surface area contributed by atoms with Crippen molar-refractivity contribution in [2.75, 3.05) is 12.4 Å². The molecule has 3 aromatic carbocycles. The van der Waals surface area contributed by atoms with Gasteiger partial charge in [-0.05, 0) is 94.9 Å². The molecule has 0 spiro atoms. The van der Waals surface area contributed by atoms with Crippen molar-refractivity contribution in [1.82, 2.24) is 0 Å². The third kappa shape index (κ3) is 6.25. The molecule has 3 aromatic rings. The molecule has 0 aromatic heterocycles. The predicted molar refractivity (Wildman–Crippen MR) is 134 cm³/mol. The van der Waals surface area contributed by atoms with E-state index in [1.165, 1.54) is 73.8 Å². The molecule has 0 saturated carbocycles. The fourth-order valence-electron chi connectivity index (χ4n) is 2.71. The lowest BCUT2D eigenvalue weighted by molar-refractivity contribution is -0.112. The number of benzene rings is 3. The van der Waals surface area contributed by atoms with Crippen LogP contribution in [0.4, 0.5) is 10.1 Å². The van der Waals surface area contributed by atoms with Crippen LogP contribution in [0, 0.1) is 20.7 Å². The van der Waals surface area contributed by atoms with Crippen LogP contribution in [-0.4, -0.2) is 21.4 Å². The van der Waals surface area contributed by atoms with Gasteiger partial charge in [-0.3, -0.25) is 4.79 Å². The van der Waals surface area contributed by atoms with E-state index < -0.39 is 21.8 Å². The van der Waals surface area contributed by atoms with Crippen LogP contribution in [0.5, 0.6) is 11.5 Å². The van der Waals surface area contributed by atoms with Gasteiger partial charge in [-0.2, -0.15) is 13.7 Å². The molecular weight excluding hydrogens is 598 g/mol. The number of nitrogens with one attached hydrogen (secondary N) is 1. The standard InChI is InChI=1S/C23H15ClFIN2O5S/c1-32-21-12-14(10-15(13-27)23(29)28-18-6-4-17(25)5-7-18)11-20(26)22(21)33-34(30,31)19-8-2-16(24)3-9-19/h2-12H,1H3,(H,28,29)/b15-10+. The summed E-state index contributed by atoms with van der Waals surface area (Å²) in [7, 11) is -2.85. The van der Waals surface area contributed by atoms with E-state index >= 15 is 0 Å². The van der Waals surface area contributed by atoms with Crippen LogP contribution < -0.4 is 14.2 Å². The molecule has 1 amide bonds. The van der Waals surface area contributed by atoms with Gasteiger partial charge in [-0.25, -0.2) is 4.39 Å². The van der Waals surface area contributed by atoms with Crippen molar-refractivity contribution in [3.8, 4) is 17.6 Å². The zero-order chi connectivity index (χ0) is 24.9. The summed E-state index contributed by atoms with van der Waals surface area (Å²) in [6.07, 6.45) is 1.31. The van der Waals surface area contributed by atoms with Crippen molar-refractivity contribution < 1.29 is 26.5 Å². The largest absolute Gasteiger partial charge is 0.493 e. The first-order valence-corrected chi connectivity index (χ1v) is 12.3. The smallest absolute Gasteiger partial charge is 0.339 e. The maximum atomic E-state index is 13.1. The molecule has 0 aliphatic rings. The molecule has 0 aliphatic heterocycles. The van der Waals surface area contributed by atoms with Crippen molar-refractivity contribution in [3.63, 3.8) is 0 Å². The average molecular weight is 613 g/mol. The first-order valence-electron chi connectivity index (χ1n) is 9.39. The average Bonchev–Trinajstić information content (AvgIpc) is 2.80. The van der Waals surface area contributed by atoms with Crippen molar-refractivity contribution in [2.45, 2.75) is 4.90 Å². The number of anilines is 1. The molecule has 3 rings (SSSR count). The summed E-state index contributed by atoms with van der Waals surface area (Å²) in [5.74, 6) is -1.14. The Labute approximate surface area is 214 Å². The molecule has 1 N–H and O–H groups in total. The molecule has 0 atom stereocenters. The Morgan fingerprint density at radius 1 is 1.15 bits per heavy atom. The van der Waals surface area contributed by atoms with E-state index in [-0.39, 0.29) is 22.0 Å². The maximum Gasteiger partial charge on any atom is 0.339 e. The van der Waals surface area contributed by atoms with E-state index in [2.05, 4.69) is 5.32 Å². The number of carbonyl (C=O) groups is 1. The number of rotatable bonds is 7. The number of ether oxygens (including phenoxy) is 1. The number of hydrogen-bond acceptors (Lipinski definition) is 6. The quantitative estimate of drug-likeness (QED) is 0.166. The predicted octanol–water partition coefficient (Wildman–Crippen LogP) is 5.41. The fraction of sp³-hybridized carbons (Fsp3) is 0.0435. The monoisotopic (exact) mass is 612 g/mol. The summed E-state index contributed by atoms with van der Waals surface area (Å²) < 4.78 is 49.3. The van der Waals surface area contributed by atoms with Crippen LogP contribution in [0.1, 0.15) is 5.56 Å². The van der Waals surface area contributed by atoms with Gasteiger partial charge in [0.15, 0.2) is 11.5 Å². The van der Waals surface area contributed by atoms with E-state index in [9.17, 15) is 22.9 Å². The lowest BCUT2D eigenvalue weighted by atomic mass is 10.1. The number of carbonyl (C=O) groups excluding carboxylic acids is 1. The zero-order valence-corrected chi connectivity index (χ0v) is 21.1. The molecule has 0 bridgehead atoms. The first-order chi connectivity index (χ1) is 16.1. The normalized spacial score (nSPS) is 11.4. The fourth-order valence-corrected chi connectivity index (χ4v) is 4.68. The van der Waals surface area contributed by atoms with E-state index in [1.807, 2.05) is 28.7 Å². The second-order valence-corrected chi connectivity index (χ2v) is 9.80. The highest BCUT2D eigenvalue weighted by Crippen LogP contribution is 2.36. The van der Waals surface area contributed by atoms with Gasteiger partial charge in [0.25, 0.3) is 5.91 Å². The van der Waals surface area contributed by atoms with Gasteiger partial charge in [-0.15, -0.1) is 0 Å². The summed E-state index contributed by atoms with van der Waals surface area (Å²) in [5.41, 5.74) is 0.476. The van der Waals surface area contributed by atoms with Crippen LogP contribution >= 0.6 is 34.2 Å². The van der Waals surface area contributed by atoms with Gasteiger partial charge in [-0.1, -0.05) is 11.6 Å². The highest BCUT2D eigenvalue weighted by Gasteiger charge is 2.22. The lowest BCUT2D eigenvalue weighted by Crippen LogP contribution is -2.13. The second-order valence-electron chi connectivity index (χ2n) is 6.66. The zero-order valence-electron chi connectivity index (χ0n) is 17.4. The summed E-state index contributed by atoms with van der Waals surface area (Å²) in [6, 6.07) is 15.3. The number of nitrogens with zero attached hydrogens (tertiary/aromatic N) is 1. The molecule has 0 aliphatic carbocycles. The molecule has 0 fully saturated rings. The number of nitriles is 1. The Kier molecular flexibility index (Phi) is 8.14. The molecule has 0 heterocycles. The first kappa shape index (κ1) is 25.5. The molecule has 11 heteroatoms. The Balaban J connectivity index is 1.90. The topological polar surface area (TPSA) is 105 Å². The summed E-state index contributed by atoms with van der Waals surface area (Å²) in [6.45, 7) is 0. The van der Waals surface area contributed by atoms with Crippen LogP contribution in [-0.2, 0) is 14.9 Å².